The maximum atomic E-state index is 13.2. The number of aromatic nitrogens is 2. The molecule has 0 radical (unpaired) electrons. The molecule has 1 aromatic carbocycles. The lowest BCUT2D eigenvalue weighted by molar-refractivity contribution is 0.633. The van der Waals surface area contributed by atoms with Crippen LogP contribution in [-0.2, 0) is 13.5 Å². The first-order valence-corrected chi connectivity index (χ1v) is 5.43. The molecule has 0 aliphatic heterocycles. The van der Waals surface area contributed by atoms with Crippen LogP contribution >= 0.6 is 0 Å². The van der Waals surface area contributed by atoms with Gasteiger partial charge in [-0.15, -0.1) is 0 Å². The van der Waals surface area contributed by atoms with Gasteiger partial charge in [0.1, 0.15) is 5.82 Å². The minimum absolute atomic E-state index is 0.161. The fourth-order valence-corrected chi connectivity index (χ4v) is 1.61. The zero-order chi connectivity index (χ0) is 12.3. The van der Waals surface area contributed by atoms with Crippen LogP contribution in [0.25, 0.3) is 0 Å². The fourth-order valence-electron chi connectivity index (χ4n) is 1.61. The van der Waals surface area contributed by atoms with Gasteiger partial charge in [0.25, 0.3) is 0 Å². The van der Waals surface area contributed by atoms with Crippen LogP contribution in [0, 0.1) is 5.82 Å². The summed E-state index contributed by atoms with van der Waals surface area (Å²) in [7, 11) is 1.88. The van der Waals surface area contributed by atoms with Gasteiger partial charge in [-0.05, 0) is 18.2 Å². The van der Waals surface area contributed by atoms with Gasteiger partial charge in [-0.2, -0.15) is 5.10 Å². The van der Waals surface area contributed by atoms with Crippen LogP contribution in [-0.4, -0.2) is 16.3 Å². The number of benzene rings is 1. The number of nitrogen functional groups attached to an aromatic ring is 1. The van der Waals surface area contributed by atoms with E-state index in [9.17, 15) is 4.39 Å². The number of nitrogens with one attached hydrogen (secondary N) is 1. The monoisotopic (exact) mass is 234 g/mol. The van der Waals surface area contributed by atoms with Crippen LogP contribution in [0.1, 0.15) is 5.69 Å². The Morgan fingerprint density at radius 2 is 2.24 bits per heavy atom. The molecule has 0 fully saturated rings. The largest absolute Gasteiger partial charge is 0.395 e. The van der Waals surface area contributed by atoms with Crippen LogP contribution in [0.15, 0.2) is 30.5 Å². The molecule has 0 saturated heterocycles. The highest BCUT2D eigenvalue weighted by Crippen LogP contribution is 2.20. The summed E-state index contributed by atoms with van der Waals surface area (Å²) < 4.78 is 14.9. The Bertz CT molecular complexity index is 507. The van der Waals surface area contributed by atoms with E-state index >= 15 is 0 Å². The first kappa shape index (κ1) is 11.4. The lowest BCUT2D eigenvalue weighted by atomic mass is 10.2. The highest BCUT2D eigenvalue weighted by Gasteiger charge is 2.03. The molecule has 5 heteroatoms. The van der Waals surface area contributed by atoms with Crippen molar-refractivity contribution >= 4 is 11.4 Å². The minimum Gasteiger partial charge on any atom is -0.395 e. The van der Waals surface area contributed by atoms with Crippen molar-refractivity contribution in [3.63, 3.8) is 0 Å². The summed E-state index contributed by atoms with van der Waals surface area (Å²) in [5.74, 6) is -0.396. The zero-order valence-corrected chi connectivity index (χ0v) is 9.65. The smallest absolute Gasteiger partial charge is 0.148 e. The number of anilines is 2. The SMILES string of the molecule is Cn1ccc(CCNc2cccc(F)c2N)n1. The van der Waals surface area contributed by atoms with E-state index < -0.39 is 5.82 Å². The van der Waals surface area contributed by atoms with Crippen LogP contribution < -0.4 is 11.1 Å². The number of aryl methyl sites for hydroxylation is 1. The van der Waals surface area contributed by atoms with Crippen molar-refractivity contribution in [3.8, 4) is 0 Å². The lowest BCUT2D eigenvalue weighted by Crippen LogP contribution is -2.08. The van der Waals surface area contributed by atoms with Crippen molar-refractivity contribution < 1.29 is 4.39 Å². The molecule has 3 N–H and O–H groups in total. The van der Waals surface area contributed by atoms with E-state index in [4.69, 9.17) is 5.73 Å². The van der Waals surface area contributed by atoms with Gasteiger partial charge < -0.3 is 11.1 Å². The van der Waals surface area contributed by atoms with Gasteiger partial charge in [-0.1, -0.05) is 6.07 Å². The second-order valence-corrected chi connectivity index (χ2v) is 3.86. The van der Waals surface area contributed by atoms with E-state index in [0.717, 1.165) is 12.1 Å². The molecule has 0 aliphatic carbocycles. The summed E-state index contributed by atoms with van der Waals surface area (Å²) in [6, 6.07) is 6.70. The third-order valence-electron chi connectivity index (χ3n) is 2.52. The molecule has 0 aliphatic rings. The van der Waals surface area contributed by atoms with E-state index in [1.165, 1.54) is 6.07 Å². The first-order valence-electron chi connectivity index (χ1n) is 5.43. The predicted molar refractivity (Wildman–Crippen MR) is 66.2 cm³/mol. The van der Waals surface area contributed by atoms with E-state index in [1.54, 1.807) is 16.8 Å². The molecule has 2 aromatic rings. The summed E-state index contributed by atoms with van der Waals surface area (Å²) >= 11 is 0. The minimum atomic E-state index is -0.396. The Hall–Kier alpha value is -2.04. The molecular formula is C12H15FN4. The average Bonchev–Trinajstić information content (AvgIpc) is 2.70. The molecule has 0 atom stereocenters. The Morgan fingerprint density at radius 1 is 1.41 bits per heavy atom. The number of para-hydroxylation sites is 1. The average molecular weight is 234 g/mol. The topological polar surface area (TPSA) is 55.9 Å². The number of hydrogen-bond donors (Lipinski definition) is 2. The van der Waals surface area contributed by atoms with Gasteiger partial charge in [0.2, 0.25) is 0 Å². The van der Waals surface area contributed by atoms with Crippen LogP contribution in [0.5, 0.6) is 0 Å². The molecule has 0 saturated carbocycles. The standard InChI is InChI=1S/C12H15FN4/c1-17-8-6-9(16-17)5-7-15-11-4-2-3-10(13)12(11)14/h2-4,6,8,15H,5,7,14H2,1H3. The summed E-state index contributed by atoms with van der Waals surface area (Å²) in [6.45, 7) is 0.671. The van der Waals surface area contributed by atoms with E-state index in [-0.39, 0.29) is 5.69 Å². The van der Waals surface area contributed by atoms with Crippen molar-refractivity contribution in [1.29, 1.82) is 0 Å². The van der Waals surface area contributed by atoms with Gasteiger partial charge in [0.15, 0.2) is 0 Å². The van der Waals surface area contributed by atoms with Crippen molar-refractivity contribution in [2.24, 2.45) is 7.05 Å². The van der Waals surface area contributed by atoms with Gasteiger partial charge in [0, 0.05) is 26.2 Å². The maximum absolute atomic E-state index is 13.2. The van der Waals surface area contributed by atoms with E-state index in [1.807, 2.05) is 19.3 Å². The molecule has 1 aromatic heterocycles. The summed E-state index contributed by atoms with van der Waals surface area (Å²) in [5.41, 5.74) is 7.39. The number of hydrogen-bond acceptors (Lipinski definition) is 3. The molecule has 0 unspecified atom stereocenters. The molecule has 0 spiro atoms. The van der Waals surface area contributed by atoms with Crippen molar-refractivity contribution in [3.05, 3.63) is 42.0 Å². The van der Waals surface area contributed by atoms with E-state index in [2.05, 4.69) is 10.4 Å². The Balaban J connectivity index is 1.92. The zero-order valence-electron chi connectivity index (χ0n) is 9.65. The Labute approximate surface area is 99.2 Å². The summed E-state index contributed by atoms with van der Waals surface area (Å²) in [4.78, 5) is 0. The van der Waals surface area contributed by atoms with E-state index in [0.29, 0.717) is 12.2 Å². The number of rotatable bonds is 4. The lowest BCUT2D eigenvalue weighted by Gasteiger charge is -2.08. The van der Waals surface area contributed by atoms with Crippen LogP contribution in [0.3, 0.4) is 0 Å². The van der Waals surface area contributed by atoms with Gasteiger partial charge in [-0.3, -0.25) is 4.68 Å². The molecule has 17 heavy (non-hydrogen) atoms. The quantitative estimate of drug-likeness (QED) is 0.793. The molecule has 2 rings (SSSR count). The van der Waals surface area contributed by atoms with Crippen LogP contribution in [0.4, 0.5) is 15.8 Å². The highest BCUT2D eigenvalue weighted by atomic mass is 19.1. The Morgan fingerprint density at radius 3 is 2.94 bits per heavy atom. The number of halogens is 1. The molecule has 0 bridgehead atoms. The maximum Gasteiger partial charge on any atom is 0.148 e. The molecular weight excluding hydrogens is 219 g/mol. The Kier molecular flexibility index (Phi) is 3.27. The summed E-state index contributed by atoms with van der Waals surface area (Å²) in [6.07, 6.45) is 2.67. The number of nitrogens with two attached hydrogens (primary N) is 1. The third-order valence-corrected chi connectivity index (χ3v) is 2.52. The van der Waals surface area contributed by atoms with Gasteiger partial charge in [0.05, 0.1) is 17.1 Å². The third kappa shape index (κ3) is 2.75. The van der Waals surface area contributed by atoms with Crippen molar-refractivity contribution in [2.75, 3.05) is 17.6 Å². The predicted octanol–water partition coefficient (Wildman–Crippen LogP) is 1.80. The van der Waals surface area contributed by atoms with Crippen molar-refractivity contribution in [1.82, 2.24) is 9.78 Å². The van der Waals surface area contributed by atoms with Gasteiger partial charge >= 0.3 is 0 Å². The second kappa shape index (κ2) is 4.86. The van der Waals surface area contributed by atoms with Crippen LogP contribution in [0.2, 0.25) is 0 Å². The molecule has 1 heterocycles. The van der Waals surface area contributed by atoms with Gasteiger partial charge in [-0.25, -0.2) is 4.39 Å². The summed E-state index contributed by atoms with van der Waals surface area (Å²) in [5, 5.41) is 7.35. The fraction of sp³-hybridized carbons (Fsp3) is 0.250. The number of nitrogens with zero attached hydrogens (tertiary/aromatic N) is 2. The highest BCUT2D eigenvalue weighted by molar-refractivity contribution is 5.66. The molecule has 4 nitrogen and oxygen atoms in total. The molecule has 0 amide bonds. The first-order chi connectivity index (χ1) is 8.16. The second-order valence-electron chi connectivity index (χ2n) is 3.86. The molecule has 90 valence electrons. The normalized spacial score (nSPS) is 10.5. The van der Waals surface area contributed by atoms with Crippen molar-refractivity contribution in [2.45, 2.75) is 6.42 Å².